The van der Waals surface area contributed by atoms with Gasteiger partial charge in [0.15, 0.2) is 0 Å². The van der Waals surface area contributed by atoms with E-state index in [-0.39, 0.29) is 5.56 Å². The van der Waals surface area contributed by atoms with E-state index in [1.165, 1.54) is 35.0 Å². The Bertz CT molecular complexity index is 1170. The Kier molecular flexibility index (Phi) is 9.64. The normalized spacial score (nSPS) is 11.7. The van der Waals surface area contributed by atoms with Crippen LogP contribution in [-0.4, -0.2) is 70.3 Å². The molecule has 0 aliphatic carbocycles. The predicted molar refractivity (Wildman–Crippen MR) is 115 cm³/mol. The van der Waals surface area contributed by atoms with Crippen molar-refractivity contribution >= 4 is 38.0 Å². The van der Waals surface area contributed by atoms with E-state index in [1.807, 2.05) is 0 Å². The fourth-order valence-electron chi connectivity index (χ4n) is 2.15. The summed E-state index contributed by atoms with van der Waals surface area (Å²) in [6, 6.07) is 0. The monoisotopic (exact) mass is 542 g/mol. The number of halogens is 1. The number of aromatic carboxylic acids is 1. The second-order valence-corrected chi connectivity index (χ2v) is 10.7. The molecule has 0 aliphatic heterocycles. The molecule has 0 fully saturated rings. The average Bonchev–Trinajstić information content (AvgIpc) is 3.41. The van der Waals surface area contributed by atoms with E-state index in [1.54, 1.807) is 20.3 Å². The van der Waals surface area contributed by atoms with Gasteiger partial charge < -0.3 is 29.8 Å². The van der Waals surface area contributed by atoms with Crippen LogP contribution in [0.3, 0.4) is 0 Å². The highest BCUT2D eigenvalue weighted by Crippen LogP contribution is 2.72. The summed E-state index contributed by atoms with van der Waals surface area (Å²) in [6.07, 6.45) is 7.44. The third-order valence-electron chi connectivity index (χ3n) is 3.79. The van der Waals surface area contributed by atoms with E-state index >= 15 is 0 Å². The molecule has 0 aromatic carbocycles. The first-order valence-electron chi connectivity index (χ1n) is 8.63. The zero-order valence-corrected chi connectivity index (χ0v) is 20.3. The SMILES string of the molecule is Cn1cc(C(=O)Cl)cn1.Cn1cc(C(=O)O)cn1.Cn1cc(C(O)(P(=O)(O)O)P(=O)(O)O)cn1. The van der Waals surface area contributed by atoms with Crippen LogP contribution in [0.15, 0.2) is 37.2 Å². The van der Waals surface area contributed by atoms with Gasteiger partial charge in [-0.3, -0.25) is 28.0 Å². The molecule has 0 unspecified atom stereocenters. The molecule has 34 heavy (non-hydrogen) atoms. The van der Waals surface area contributed by atoms with Crippen molar-refractivity contribution < 1.29 is 48.5 Å². The summed E-state index contributed by atoms with van der Waals surface area (Å²) in [5.41, 5.74) is 0.00772. The summed E-state index contributed by atoms with van der Waals surface area (Å²) in [4.78, 5) is 56.0. The number of carbonyl (C=O) groups excluding carboxylic acids is 1. The first kappa shape index (κ1) is 29.4. The lowest BCUT2D eigenvalue weighted by Gasteiger charge is -2.27. The molecular formula is C15H21ClN6O10P2. The minimum Gasteiger partial charge on any atom is -0.478 e. The van der Waals surface area contributed by atoms with Crippen molar-refractivity contribution in [3.63, 3.8) is 0 Å². The molecule has 19 heteroatoms. The largest absolute Gasteiger partial charge is 0.478 e. The van der Waals surface area contributed by atoms with Crippen LogP contribution in [0, 0.1) is 0 Å². The van der Waals surface area contributed by atoms with E-state index in [2.05, 4.69) is 15.3 Å². The number of rotatable bonds is 5. The van der Waals surface area contributed by atoms with Gasteiger partial charge in [0.2, 0.25) is 0 Å². The van der Waals surface area contributed by atoms with E-state index in [0.717, 1.165) is 17.1 Å². The van der Waals surface area contributed by atoms with Crippen molar-refractivity contribution in [2.45, 2.75) is 5.08 Å². The van der Waals surface area contributed by atoms with Crippen molar-refractivity contribution in [1.82, 2.24) is 29.3 Å². The molecule has 0 aliphatic rings. The van der Waals surface area contributed by atoms with Crippen LogP contribution >= 0.6 is 26.8 Å². The zero-order chi connectivity index (χ0) is 26.5. The summed E-state index contributed by atoms with van der Waals surface area (Å²) in [5, 5.41) is 24.8. The van der Waals surface area contributed by atoms with Crippen LogP contribution in [-0.2, 0) is 35.4 Å². The van der Waals surface area contributed by atoms with Crippen LogP contribution in [0.25, 0.3) is 0 Å². The van der Waals surface area contributed by atoms with Crippen molar-refractivity contribution in [3.05, 3.63) is 53.9 Å². The smallest absolute Gasteiger partial charge is 0.374 e. The first-order valence-corrected chi connectivity index (χ1v) is 12.2. The Balaban J connectivity index is 0.000000274. The van der Waals surface area contributed by atoms with Gasteiger partial charge >= 0.3 is 21.2 Å². The third-order valence-corrected chi connectivity index (χ3v) is 7.71. The predicted octanol–water partition coefficient (Wildman–Crippen LogP) is -0.204. The standard InChI is InChI=1S/C5H5ClN2O.C5H10N2O7P2.C5H6N2O2/c1-8-3-4(2-7-8)5(6)9;1-7-3-4(2-6-7)5(8,15(9,10)11)16(12,13)14;1-7-3-4(2-6-7)5(8)9/h2-3H,1H3;2-3,8H,1H3,(H2,9,10,11)(H2,12,13,14);2-3H,1H3,(H,8,9). The van der Waals surface area contributed by atoms with Crippen LogP contribution in [0.1, 0.15) is 26.3 Å². The molecule has 0 bridgehead atoms. The Labute approximate surface area is 196 Å². The van der Waals surface area contributed by atoms with Crippen molar-refractivity contribution in [2.75, 3.05) is 0 Å². The van der Waals surface area contributed by atoms with E-state index in [4.69, 9.17) is 36.3 Å². The number of hydrogen-bond donors (Lipinski definition) is 6. The van der Waals surface area contributed by atoms with Gasteiger partial charge in [0.05, 0.1) is 29.7 Å². The average molecular weight is 543 g/mol. The summed E-state index contributed by atoms with van der Waals surface area (Å²) in [6.45, 7) is 0. The first-order chi connectivity index (χ1) is 15.4. The summed E-state index contributed by atoms with van der Waals surface area (Å²) >= 11 is 5.12. The minimum atomic E-state index is -5.48. The highest BCUT2D eigenvalue weighted by atomic mass is 35.5. The molecule has 3 aromatic rings. The van der Waals surface area contributed by atoms with Crippen molar-refractivity contribution in [3.8, 4) is 0 Å². The number of aryl methyl sites for hydroxylation is 3. The van der Waals surface area contributed by atoms with E-state index in [0.29, 0.717) is 5.56 Å². The lowest BCUT2D eigenvalue weighted by atomic mass is 10.4. The molecule has 3 heterocycles. The van der Waals surface area contributed by atoms with Crippen molar-refractivity contribution in [1.29, 1.82) is 0 Å². The van der Waals surface area contributed by atoms with Crippen LogP contribution < -0.4 is 0 Å². The molecule has 3 rings (SSSR count). The van der Waals surface area contributed by atoms with Gasteiger partial charge in [-0.1, -0.05) is 0 Å². The molecule has 188 valence electrons. The van der Waals surface area contributed by atoms with Gasteiger partial charge in [-0.15, -0.1) is 0 Å². The van der Waals surface area contributed by atoms with Crippen molar-refractivity contribution in [2.24, 2.45) is 21.1 Å². The number of carboxylic acid groups (broad SMARTS) is 1. The van der Waals surface area contributed by atoms with Gasteiger partial charge in [-0.25, -0.2) is 4.79 Å². The number of nitrogens with zero attached hydrogens (tertiary/aromatic N) is 6. The summed E-state index contributed by atoms with van der Waals surface area (Å²) in [7, 11) is -6.19. The molecule has 0 atom stereocenters. The lowest BCUT2D eigenvalue weighted by molar-refractivity contribution is 0.0696. The molecule has 0 radical (unpaired) electrons. The molecule has 3 aromatic heterocycles. The Morgan fingerprint density at radius 3 is 1.41 bits per heavy atom. The molecular weight excluding hydrogens is 522 g/mol. The van der Waals surface area contributed by atoms with E-state index < -0.39 is 37.0 Å². The molecule has 0 spiro atoms. The second kappa shape index (κ2) is 11.2. The Morgan fingerprint density at radius 1 is 0.824 bits per heavy atom. The number of carboxylic acids is 1. The van der Waals surface area contributed by atoms with Gasteiger partial charge in [0, 0.05) is 45.3 Å². The van der Waals surface area contributed by atoms with Crippen LogP contribution in [0.5, 0.6) is 0 Å². The topological polar surface area (TPSA) is 243 Å². The Morgan fingerprint density at radius 2 is 1.21 bits per heavy atom. The van der Waals surface area contributed by atoms with Gasteiger partial charge in [-0.05, 0) is 11.6 Å². The summed E-state index contributed by atoms with van der Waals surface area (Å²) in [5.74, 6) is -0.942. The summed E-state index contributed by atoms with van der Waals surface area (Å²) < 4.78 is 26.1. The lowest BCUT2D eigenvalue weighted by Crippen LogP contribution is -2.25. The maximum atomic E-state index is 11.0. The maximum Gasteiger partial charge on any atom is 0.374 e. The third kappa shape index (κ3) is 7.41. The highest BCUT2D eigenvalue weighted by molar-refractivity contribution is 7.71. The quantitative estimate of drug-likeness (QED) is 0.181. The number of aliphatic hydroxyl groups is 1. The van der Waals surface area contributed by atoms with Gasteiger partial charge in [0.25, 0.3) is 10.3 Å². The Hall–Kier alpha value is -2.68. The fraction of sp³-hybridized carbons (Fsp3) is 0.267. The number of carbonyl (C=O) groups is 2. The minimum absolute atomic E-state index is 0.220. The molecule has 0 saturated carbocycles. The fourth-order valence-corrected chi connectivity index (χ4v) is 4.51. The molecule has 0 saturated heterocycles. The van der Waals surface area contributed by atoms with Gasteiger partial charge in [-0.2, -0.15) is 15.3 Å². The number of hydrogen-bond acceptors (Lipinski definition) is 8. The number of aromatic nitrogens is 6. The second-order valence-electron chi connectivity index (χ2n) is 6.51. The molecule has 16 nitrogen and oxygen atoms in total. The molecule has 6 N–H and O–H groups in total. The van der Waals surface area contributed by atoms with Crippen LogP contribution in [0.2, 0.25) is 0 Å². The van der Waals surface area contributed by atoms with Crippen LogP contribution in [0.4, 0.5) is 0 Å². The highest BCUT2D eigenvalue weighted by Gasteiger charge is 2.61. The molecule has 0 amide bonds. The maximum absolute atomic E-state index is 11.0. The zero-order valence-electron chi connectivity index (χ0n) is 17.7. The van der Waals surface area contributed by atoms with Gasteiger partial charge in [0.1, 0.15) is 0 Å². The van der Waals surface area contributed by atoms with E-state index in [9.17, 15) is 23.8 Å².